The Hall–Kier alpha value is -2.88. The second-order valence-electron chi connectivity index (χ2n) is 6.28. The van der Waals surface area contributed by atoms with Gasteiger partial charge in [0.25, 0.3) is 0 Å². The maximum atomic E-state index is 13.5. The van der Waals surface area contributed by atoms with E-state index in [4.69, 9.17) is 9.47 Å². The summed E-state index contributed by atoms with van der Waals surface area (Å²) in [5, 5.41) is 12.1. The summed E-state index contributed by atoms with van der Waals surface area (Å²) in [5.41, 5.74) is 1.11. The molecule has 2 aromatic rings. The minimum Gasteiger partial charge on any atom is -0.489 e. The molecule has 0 spiro atoms. The first-order valence-electron chi connectivity index (χ1n) is 8.64. The molecule has 0 fully saturated rings. The number of hydrogen-bond acceptors (Lipinski definition) is 7. The summed E-state index contributed by atoms with van der Waals surface area (Å²) in [6.07, 6.45) is 0. The van der Waals surface area contributed by atoms with Gasteiger partial charge in [-0.2, -0.15) is 0 Å². The summed E-state index contributed by atoms with van der Waals surface area (Å²) in [4.78, 5) is 24.1. The number of methoxy groups -OCH3 is 1. The predicted molar refractivity (Wildman–Crippen MR) is 106 cm³/mol. The normalized spacial score (nSPS) is 15.3. The Morgan fingerprint density at radius 1 is 1.38 bits per heavy atom. The van der Waals surface area contributed by atoms with E-state index in [1.165, 1.54) is 31.4 Å². The number of ether oxygens (including phenoxy) is 3. The number of anilines is 1. The van der Waals surface area contributed by atoms with Gasteiger partial charge >= 0.3 is 11.7 Å². The van der Waals surface area contributed by atoms with Gasteiger partial charge in [0.15, 0.2) is 12.4 Å². The second kappa shape index (κ2) is 9.08. The molecule has 0 aromatic heterocycles. The van der Waals surface area contributed by atoms with Crippen LogP contribution >= 0.6 is 15.9 Å². The summed E-state index contributed by atoms with van der Waals surface area (Å²) in [6.45, 7) is 0.269. The summed E-state index contributed by atoms with van der Waals surface area (Å²) in [5.74, 6) is -0.634. The third kappa shape index (κ3) is 4.76. The highest BCUT2D eigenvalue weighted by atomic mass is 79.9. The molecule has 29 heavy (non-hydrogen) atoms. The Morgan fingerprint density at radius 3 is 2.86 bits per heavy atom. The third-order valence-electron chi connectivity index (χ3n) is 4.43. The molecular weight excluding hydrogens is 451 g/mol. The summed E-state index contributed by atoms with van der Waals surface area (Å²) >= 11 is 3.45. The van der Waals surface area contributed by atoms with E-state index in [-0.39, 0.29) is 17.5 Å². The van der Waals surface area contributed by atoms with Gasteiger partial charge in [-0.1, -0.05) is 22.0 Å². The van der Waals surface area contributed by atoms with Crippen molar-refractivity contribution in [1.82, 2.24) is 0 Å². The largest absolute Gasteiger partial charge is 0.489 e. The monoisotopic (exact) mass is 468 g/mol. The fourth-order valence-corrected chi connectivity index (χ4v) is 3.51. The average molecular weight is 469 g/mol. The van der Waals surface area contributed by atoms with Gasteiger partial charge in [0.05, 0.1) is 23.8 Å². The number of hydrogen-bond donors (Lipinski definition) is 0. The van der Waals surface area contributed by atoms with E-state index < -0.39 is 23.3 Å². The lowest BCUT2D eigenvalue weighted by Crippen LogP contribution is -2.43. The number of fused-ring (bicyclic) bond motifs is 1. The van der Waals surface area contributed by atoms with E-state index in [0.717, 1.165) is 0 Å². The first-order chi connectivity index (χ1) is 13.9. The lowest BCUT2D eigenvalue weighted by molar-refractivity contribution is -0.385. The number of nitrogens with zero attached hydrogens (tertiary/aromatic N) is 2. The Kier molecular flexibility index (Phi) is 6.53. The summed E-state index contributed by atoms with van der Waals surface area (Å²) in [6, 6.07) is 8.78. The molecule has 1 aliphatic rings. The molecule has 1 atom stereocenters. The highest BCUT2D eigenvalue weighted by Gasteiger charge is 2.28. The van der Waals surface area contributed by atoms with Crippen molar-refractivity contribution >= 4 is 33.3 Å². The molecule has 0 aliphatic carbocycles. The Labute approximate surface area is 174 Å². The summed E-state index contributed by atoms with van der Waals surface area (Å²) in [7, 11) is 1.20. The van der Waals surface area contributed by atoms with Crippen LogP contribution in [0.15, 0.2) is 36.4 Å². The zero-order valence-electron chi connectivity index (χ0n) is 15.5. The van der Waals surface area contributed by atoms with Crippen molar-refractivity contribution in [2.45, 2.75) is 12.6 Å². The van der Waals surface area contributed by atoms with Crippen LogP contribution in [0.25, 0.3) is 0 Å². The molecule has 0 radical (unpaired) electrons. The molecule has 8 nitrogen and oxygen atoms in total. The molecule has 0 bridgehead atoms. The van der Waals surface area contributed by atoms with Crippen LogP contribution in [0.5, 0.6) is 11.5 Å². The number of nitro groups is 1. The first kappa shape index (κ1) is 20.8. The van der Waals surface area contributed by atoms with Gasteiger partial charge in [0.1, 0.15) is 18.2 Å². The minimum absolute atomic E-state index is 0.0226. The van der Waals surface area contributed by atoms with Crippen LogP contribution < -0.4 is 14.4 Å². The minimum atomic E-state index is -0.638. The van der Waals surface area contributed by atoms with Crippen LogP contribution in [0.1, 0.15) is 5.56 Å². The van der Waals surface area contributed by atoms with Crippen molar-refractivity contribution < 1.29 is 28.3 Å². The highest BCUT2D eigenvalue weighted by Crippen LogP contribution is 2.37. The lowest BCUT2D eigenvalue weighted by atomic mass is 10.1. The topological polar surface area (TPSA) is 91.1 Å². The fraction of sp³-hybridized carbons (Fsp3) is 0.316. The zero-order chi connectivity index (χ0) is 21.0. The molecule has 0 saturated carbocycles. The number of nitro benzene ring substituents is 1. The van der Waals surface area contributed by atoms with Gasteiger partial charge in [-0.15, -0.1) is 0 Å². The van der Waals surface area contributed by atoms with Gasteiger partial charge in [0.2, 0.25) is 0 Å². The van der Waals surface area contributed by atoms with E-state index in [0.29, 0.717) is 35.5 Å². The van der Waals surface area contributed by atoms with Crippen LogP contribution in [0.4, 0.5) is 15.8 Å². The van der Waals surface area contributed by atoms with E-state index >= 15 is 0 Å². The van der Waals surface area contributed by atoms with Gasteiger partial charge in [-0.05, 0) is 23.8 Å². The molecule has 3 rings (SSSR count). The number of halogens is 2. The van der Waals surface area contributed by atoms with Crippen molar-refractivity contribution in [2.75, 3.05) is 30.6 Å². The van der Waals surface area contributed by atoms with Crippen LogP contribution in [-0.2, 0) is 16.1 Å². The molecule has 1 heterocycles. The van der Waals surface area contributed by atoms with Crippen LogP contribution in [-0.4, -0.2) is 42.6 Å². The number of benzene rings is 2. The molecular formula is C19H18BrFN2O6. The van der Waals surface area contributed by atoms with Gasteiger partial charge in [0, 0.05) is 24.0 Å². The van der Waals surface area contributed by atoms with Crippen LogP contribution in [0.3, 0.4) is 0 Å². The zero-order valence-corrected chi connectivity index (χ0v) is 17.1. The SMILES string of the molecule is COC(=O)COc1ccc(CN2c3ccc(F)cc3OC[C@@H]2CBr)cc1[N+](=O)[O-]. The van der Waals surface area contributed by atoms with Gasteiger partial charge < -0.3 is 19.1 Å². The van der Waals surface area contributed by atoms with Crippen LogP contribution in [0.2, 0.25) is 0 Å². The fourth-order valence-electron chi connectivity index (χ4n) is 2.97. The predicted octanol–water partition coefficient (Wildman–Crippen LogP) is 3.45. The molecule has 0 unspecified atom stereocenters. The number of alkyl halides is 1. The number of carbonyl (C=O) groups excluding carboxylic acids is 1. The van der Waals surface area contributed by atoms with Crippen molar-refractivity contribution in [2.24, 2.45) is 0 Å². The quantitative estimate of drug-likeness (QED) is 0.266. The maximum absolute atomic E-state index is 13.5. The smallest absolute Gasteiger partial charge is 0.343 e. The van der Waals surface area contributed by atoms with Crippen molar-refractivity contribution in [3.63, 3.8) is 0 Å². The van der Waals surface area contributed by atoms with Gasteiger partial charge in [-0.25, -0.2) is 9.18 Å². The Bertz CT molecular complexity index is 926. The Balaban J connectivity index is 1.88. The van der Waals surface area contributed by atoms with E-state index in [9.17, 15) is 19.3 Å². The third-order valence-corrected chi connectivity index (χ3v) is 5.17. The standard InChI is InChI=1S/C19H18BrFN2O6/c1-27-19(24)11-29-17-5-2-12(6-16(17)23(25)26)9-22-14(8-20)10-28-18-7-13(21)3-4-15(18)22/h2-7,14H,8-11H2,1H3/t14-/m0/s1. The summed E-state index contributed by atoms with van der Waals surface area (Å²) < 4.78 is 28.9. The molecule has 2 aromatic carbocycles. The van der Waals surface area contributed by atoms with Crippen molar-refractivity contribution in [1.29, 1.82) is 0 Å². The second-order valence-corrected chi connectivity index (χ2v) is 6.93. The van der Waals surface area contributed by atoms with E-state index in [1.807, 2.05) is 4.90 Å². The number of rotatable bonds is 7. The number of esters is 1. The molecule has 0 saturated heterocycles. The van der Waals surface area contributed by atoms with E-state index in [1.54, 1.807) is 12.1 Å². The van der Waals surface area contributed by atoms with Crippen molar-refractivity contribution in [3.05, 3.63) is 57.9 Å². The van der Waals surface area contributed by atoms with Crippen LogP contribution in [0, 0.1) is 15.9 Å². The lowest BCUT2D eigenvalue weighted by Gasteiger charge is -2.38. The van der Waals surface area contributed by atoms with Crippen molar-refractivity contribution in [3.8, 4) is 11.5 Å². The molecule has 154 valence electrons. The highest BCUT2D eigenvalue weighted by molar-refractivity contribution is 9.09. The molecule has 0 amide bonds. The molecule has 1 aliphatic heterocycles. The maximum Gasteiger partial charge on any atom is 0.343 e. The Morgan fingerprint density at radius 2 is 2.17 bits per heavy atom. The van der Waals surface area contributed by atoms with Gasteiger partial charge in [-0.3, -0.25) is 10.1 Å². The van der Waals surface area contributed by atoms with E-state index in [2.05, 4.69) is 20.7 Å². The first-order valence-corrected chi connectivity index (χ1v) is 9.77. The average Bonchev–Trinajstić information content (AvgIpc) is 2.72. The molecule has 10 heteroatoms. The number of carbonyl (C=O) groups is 1. The molecule has 0 N–H and O–H groups in total.